The number of carbonyl (C=O) groups excluding carboxylic acids is 1. The molecule has 3 rings (SSSR count). The summed E-state index contributed by atoms with van der Waals surface area (Å²) in [5.74, 6) is 0.475. The summed E-state index contributed by atoms with van der Waals surface area (Å²) in [6.45, 7) is 18.4. The second-order valence-corrected chi connectivity index (χ2v) is 16.6. The number of aliphatic hydroxyl groups excluding tert-OH is 1. The van der Waals surface area contributed by atoms with Crippen LogP contribution in [-0.4, -0.2) is 56.3 Å². The summed E-state index contributed by atoms with van der Waals surface area (Å²) in [5.41, 5.74) is 3.01. The predicted octanol–water partition coefficient (Wildman–Crippen LogP) is 6.91. The number of nitrogens with zero attached hydrogens (tertiary/aromatic N) is 1. The molecule has 0 spiro atoms. The summed E-state index contributed by atoms with van der Waals surface area (Å²) in [6, 6.07) is 17.5. The highest BCUT2D eigenvalue weighted by Crippen LogP contribution is 2.45. The maximum absolute atomic E-state index is 13.1. The third-order valence-electron chi connectivity index (χ3n) is 7.78. The zero-order valence-corrected chi connectivity index (χ0v) is 24.8. The van der Waals surface area contributed by atoms with Crippen LogP contribution in [0.25, 0.3) is 0 Å². The van der Waals surface area contributed by atoms with Gasteiger partial charge in [0.2, 0.25) is 8.32 Å². The second kappa shape index (κ2) is 13.4. The van der Waals surface area contributed by atoms with Gasteiger partial charge in [-0.3, -0.25) is 0 Å². The molecule has 0 aliphatic carbocycles. The van der Waals surface area contributed by atoms with E-state index < -0.39 is 20.5 Å². The van der Waals surface area contributed by atoms with Gasteiger partial charge >= 0.3 is 6.09 Å². The van der Waals surface area contributed by atoms with E-state index in [9.17, 15) is 9.90 Å². The molecule has 2 aromatic carbocycles. The number of benzene rings is 2. The first kappa shape index (κ1) is 29.9. The van der Waals surface area contributed by atoms with Crippen molar-refractivity contribution in [2.45, 2.75) is 82.9 Å². The highest BCUT2D eigenvalue weighted by Gasteiger charge is 2.50. The average Bonchev–Trinajstić information content (AvgIpc) is 2.89. The fraction of sp³-hybridized carbons (Fsp3) is 0.516. The Morgan fingerprint density at radius 3 is 2.16 bits per heavy atom. The van der Waals surface area contributed by atoms with E-state index in [1.807, 2.05) is 54.6 Å². The fourth-order valence-electron chi connectivity index (χ4n) is 6.11. The van der Waals surface area contributed by atoms with Crippen molar-refractivity contribution in [3.63, 3.8) is 0 Å². The Balaban J connectivity index is 1.90. The molecule has 1 aliphatic rings. The van der Waals surface area contributed by atoms with Crippen molar-refractivity contribution in [2.75, 3.05) is 19.7 Å². The lowest BCUT2D eigenvalue weighted by Gasteiger charge is -2.49. The number of piperidine rings is 1. The zero-order chi connectivity index (χ0) is 27.9. The highest BCUT2D eigenvalue weighted by atomic mass is 28.4. The summed E-state index contributed by atoms with van der Waals surface area (Å²) >= 11 is 0. The molecule has 1 amide bonds. The van der Waals surface area contributed by atoms with E-state index >= 15 is 0 Å². The molecule has 0 saturated carbocycles. The van der Waals surface area contributed by atoms with Gasteiger partial charge in [-0.1, -0.05) is 96.7 Å². The topological polar surface area (TPSA) is 68.2 Å². The van der Waals surface area contributed by atoms with Gasteiger partial charge in [-0.05, 0) is 39.9 Å². The number of likely N-dealkylation sites (tertiary alicyclic amines) is 1. The van der Waals surface area contributed by atoms with Crippen LogP contribution in [0.2, 0.25) is 16.6 Å². The largest absolute Gasteiger partial charge is 0.490 e. The molecular weight excluding hydrogens is 494 g/mol. The second-order valence-electron chi connectivity index (χ2n) is 11.2. The smallest absolute Gasteiger partial charge is 0.410 e. The number of aliphatic hydroxyl groups is 1. The van der Waals surface area contributed by atoms with E-state index in [1.165, 1.54) is 0 Å². The van der Waals surface area contributed by atoms with Crippen LogP contribution in [-0.2, 0) is 15.8 Å². The van der Waals surface area contributed by atoms with Crippen molar-refractivity contribution < 1.29 is 23.8 Å². The molecule has 1 fully saturated rings. The molecular formula is C31H45NO5Si. The Morgan fingerprint density at radius 2 is 1.61 bits per heavy atom. The molecule has 208 valence electrons. The molecule has 3 unspecified atom stereocenters. The van der Waals surface area contributed by atoms with Crippen molar-refractivity contribution in [2.24, 2.45) is 0 Å². The van der Waals surface area contributed by atoms with Gasteiger partial charge in [0.1, 0.15) is 19.0 Å². The molecule has 2 aromatic rings. The molecule has 3 atom stereocenters. The molecule has 1 heterocycles. The molecule has 0 radical (unpaired) electrons. The van der Waals surface area contributed by atoms with Crippen molar-refractivity contribution in [1.29, 1.82) is 0 Å². The maximum Gasteiger partial charge on any atom is 0.410 e. The Morgan fingerprint density at radius 1 is 1.00 bits per heavy atom. The highest BCUT2D eigenvalue weighted by molar-refractivity contribution is 6.77. The number of hydrogen-bond donors (Lipinski definition) is 1. The maximum atomic E-state index is 13.1. The van der Waals surface area contributed by atoms with Gasteiger partial charge in [0.05, 0.1) is 18.8 Å². The Hall–Kier alpha value is -2.61. The Bertz CT molecular complexity index is 1000. The summed E-state index contributed by atoms with van der Waals surface area (Å²) in [7, 11) is -2.31. The van der Waals surface area contributed by atoms with Crippen LogP contribution in [0.4, 0.5) is 4.79 Å². The van der Waals surface area contributed by atoms with E-state index in [0.29, 0.717) is 29.8 Å². The van der Waals surface area contributed by atoms with E-state index in [0.717, 1.165) is 16.9 Å². The quantitative estimate of drug-likeness (QED) is 0.248. The Kier molecular flexibility index (Phi) is 10.6. The summed E-state index contributed by atoms with van der Waals surface area (Å²) in [4.78, 5) is 14.7. The van der Waals surface area contributed by atoms with Crippen LogP contribution in [0.1, 0.15) is 58.6 Å². The average molecular weight is 540 g/mol. The lowest BCUT2D eigenvalue weighted by molar-refractivity contribution is -0.0255. The van der Waals surface area contributed by atoms with Gasteiger partial charge in [-0.2, -0.15) is 0 Å². The first-order chi connectivity index (χ1) is 18.1. The van der Waals surface area contributed by atoms with E-state index in [4.69, 9.17) is 13.9 Å². The lowest BCUT2D eigenvalue weighted by atomic mass is 9.85. The van der Waals surface area contributed by atoms with Crippen molar-refractivity contribution in [3.8, 4) is 5.75 Å². The number of carbonyl (C=O) groups is 1. The van der Waals surface area contributed by atoms with Gasteiger partial charge in [-0.15, -0.1) is 0 Å². The summed E-state index contributed by atoms with van der Waals surface area (Å²) < 4.78 is 18.5. The third-order valence-corrected chi connectivity index (χ3v) is 13.9. The monoisotopic (exact) mass is 539 g/mol. The van der Waals surface area contributed by atoms with E-state index in [2.05, 4.69) is 48.1 Å². The number of β-amino-alcohol motifs (C(OH)–C–C–N with tert-alkyl or cyclic N) is 1. The van der Waals surface area contributed by atoms with Crippen molar-refractivity contribution in [3.05, 3.63) is 78.4 Å². The minimum atomic E-state index is -2.31. The number of amides is 1. The van der Waals surface area contributed by atoms with Crippen molar-refractivity contribution in [1.82, 2.24) is 4.90 Å². The van der Waals surface area contributed by atoms with Gasteiger partial charge < -0.3 is 23.9 Å². The third kappa shape index (κ3) is 6.87. The minimum absolute atomic E-state index is 0.187. The fourth-order valence-corrected chi connectivity index (χ4v) is 11.7. The normalized spacial score (nSPS) is 20.2. The summed E-state index contributed by atoms with van der Waals surface area (Å²) in [6.07, 6.45) is 0.124. The molecule has 0 bridgehead atoms. The first-order valence-corrected chi connectivity index (χ1v) is 15.9. The van der Waals surface area contributed by atoms with Crippen molar-refractivity contribution >= 4 is 14.4 Å². The molecule has 7 heteroatoms. The Labute approximate surface area is 229 Å². The van der Waals surface area contributed by atoms with Gasteiger partial charge in [0.15, 0.2) is 0 Å². The first-order valence-electron chi connectivity index (χ1n) is 13.7. The van der Waals surface area contributed by atoms with E-state index in [1.54, 1.807) is 11.0 Å². The molecule has 38 heavy (non-hydrogen) atoms. The zero-order valence-electron chi connectivity index (χ0n) is 23.8. The van der Waals surface area contributed by atoms with Gasteiger partial charge in [0, 0.05) is 12.5 Å². The van der Waals surface area contributed by atoms with Crippen LogP contribution in [0.5, 0.6) is 5.75 Å². The van der Waals surface area contributed by atoms with Crippen LogP contribution in [0.15, 0.2) is 67.3 Å². The molecule has 1 aliphatic heterocycles. The van der Waals surface area contributed by atoms with Gasteiger partial charge in [-0.25, -0.2) is 4.79 Å². The number of ether oxygens (including phenoxy) is 2. The molecule has 1 N–H and O–H groups in total. The van der Waals surface area contributed by atoms with E-state index in [-0.39, 0.29) is 25.2 Å². The SMILES string of the molecule is C=CCOc1ccc(C2C(O)CN(C(=O)OCc3ccccc3)CC2O[Si](C(C)C)(C(C)C)C(C)C)cc1. The van der Waals surface area contributed by atoms with Gasteiger partial charge in [0.25, 0.3) is 0 Å². The minimum Gasteiger partial charge on any atom is -0.490 e. The summed E-state index contributed by atoms with van der Waals surface area (Å²) in [5, 5.41) is 11.5. The standard InChI is InChI=1S/C31H45NO5Si/c1-8-18-35-27-16-14-26(15-17-27)30-28(33)19-32(31(34)36-21-25-12-10-9-11-13-25)20-29(30)37-38(22(2)3,23(4)5)24(6)7/h8-17,22-24,28-30,33H,1,18-21H2,2-7H3. The van der Waals surface area contributed by atoms with Crippen LogP contribution < -0.4 is 4.74 Å². The van der Waals surface area contributed by atoms with Crippen LogP contribution >= 0.6 is 0 Å². The molecule has 0 aromatic heterocycles. The lowest BCUT2D eigenvalue weighted by Crippen LogP contribution is -2.59. The molecule has 6 nitrogen and oxygen atoms in total. The number of hydrogen-bond acceptors (Lipinski definition) is 5. The predicted molar refractivity (Wildman–Crippen MR) is 155 cm³/mol. The molecule has 1 saturated heterocycles. The van der Waals surface area contributed by atoms with Crippen LogP contribution in [0, 0.1) is 0 Å². The number of rotatable bonds is 11. The van der Waals surface area contributed by atoms with Crippen LogP contribution in [0.3, 0.4) is 0 Å².